The van der Waals surface area contributed by atoms with Gasteiger partial charge < -0.3 is 20.7 Å². The van der Waals surface area contributed by atoms with E-state index in [9.17, 15) is 9.90 Å². The van der Waals surface area contributed by atoms with Gasteiger partial charge in [-0.25, -0.2) is 4.79 Å². The molecule has 8 heteroatoms. The fourth-order valence-electron chi connectivity index (χ4n) is 2.45. The highest BCUT2D eigenvalue weighted by molar-refractivity contribution is 5.61. The van der Waals surface area contributed by atoms with Crippen molar-refractivity contribution in [2.45, 2.75) is 44.6 Å². The maximum atomic E-state index is 12.0. The van der Waals surface area contributed by atoms with Gasteiger partial charge in [-0.05, 0) is 13.3 Å². The molecule has 0 aliphatic carbocycles. The van der Waals surface area contributed by atoms with Gasteiger partial charge in [-0.15, -0.1) is 0 Å². The molecule has 0 aromatic carbocycles. The maximum Gasteiger partial charge on any atom is 0.351 e. The van der Waals surface area contributed by atoms with Gasteiger partial charge in [0.1, 0.15) is 18.1 Å². The van der Waals surface area contributed by atoms with Gasteiger partial charge in [0.25, 0.3) is 0 Å². The summed E-state index contributed by atoms with van der Waals surface area (Å²) in [5, 5.41) is 27.5. The fraction of sp³-hybridized carbons (Fsp3) is 0.533. The van der Waals surface area contributed by atoms with E-state index < -0.39 is 24.1 Å². The van der Waals surface area contributed by atoms with Gasteiger partial charge >= 0.3 is 5.69 Å². The van der Waals surface area contributed by atoms with Crippen molar-refractivity contribution < 1.29 is 14.9 Å². The van der Waals surface area contributed by atoms with Crippen LogP contribution in [-0.4, -0.2) is 38.6 Å². The van der Waals surface area contributed by atoms with Crippen molar-refractivity contribution >= 4 is 11.9 Å². The van der Waals surface area contributed by atoms with Crippen LogP contribution in [0.3, 0.4) is 0 Å². The number of anilines is 1. The highest BCUT2D eigenvalue weighted by Crippen LogP contribution is 2.28. The lowest BCUT2D eigenvalue weighted by Gasteiger charge is -2.15. The monoisotopic (exact) mass is 320 g/mol. The largest absolute Gasteiger partial charge is 0.394 e. The molecule has 1 aromatic heterocycles. The number of hydrogen-bond acceptors (Lipinski definition) is 7. The standard InChI is InChI=1S/C15H20N4O4/c1-9(3-2-4-16)5-10-7-19(15(22)18-14(10)17)13-6-11(21)12(8-20)23-13/h5,7,11-13,20-21H,2-3,6,8H2,1H3,(H2,17,18,22)/t11-,12+,13+/m0/s1. The predicted molar refractivity (Wildman–Crippen MR) is 83.0 cm³/mol. The molecule has 8 nitrogen and oxygen atoms in total. The Balaban J connectivity index is 2.30. The molecule has 3 atom stereocenters. The van der Waals surface area contributed by atoms with Gasteiger partial charge in [-0.3, -0.25) is 4.57 Å². The molecule has 4 N–H and O–H groups in total. The van der Waals surface area contributed by atoms with Crippen LogP contribution in [-0.2, 0) is 4.74 Å². The Morgan fingerprint density at radius 2 is 2.43 bits per heavy atom. The van der Waals surface area contributed by atoms with Crippen LogP contribution in [0.15, 0.2) is 16.6 Å². The van der Waals surface area contributed by atoms with E-state index >= 15 is 0 Å². The van der Waals surface area contributed by atoms with Gasteiger partial charge in [0.2, 0.25) is 0 Å². The molecule has 2 rings (SSSR count). The van der Waals surface area contributed by atoms with Crippen LogP contribution in [0.2, 0.25) is 0 Å². The summed E-state index contributed by atoms with van der Waals surface area (Å²) in [5.41, 5.74) is 6.69. The van der Waals surface area contributed by atoms with E-state index in [4.69, 9.17) is 20.8 Å². The molecule has 1 fully saturated rings. The smallest absolute Gasteiger partial charge is 0.351 e. The summed E-state index contributed by atoms with van der Waals surface area (Å²) >= 11 is 0. The van der Waals surface area contributed by atoms with Crippen molar-refractivity contribution in [1.82, 2.24) is 9.55 Å². The number of hydrogen-bond donors (Lipinski definition) is 3. The Bertz CT molecular complexity index is 692. The topological polar surface area (TPSA) is 134 Å². The van der Waals surface area contributed by atoms with E-state index in [2.05, 4.69) is 11.1 Å². The van der Waals surface area contributed by atoms with Crippen molar-refractivity contribution in [3.63, 3.8) is 0 Å². The lowest BCUT2D eigenvalue weighted by Crippen LogP contribution is -2.28. The normalized spacial score (nSPS) is 24.6. The molecule has 0 bridgehead atoms. The summed E-state index contributed by atoms with van der Waals surface area (Å²) in [6.45, 7) is 1.54. The number of aliphatic hydroxyl groups excluding tert-OH is 2. The van der Waals surface area contributed by atoms with Crippen LogP contribution in [0.25, 0.3) is 6.08 Å². The van der Waals surface area contributed by atoms with Crippen LogP contribution in [0, 0.1) is 11.3 Å². The summed E-state index contributed by atoms with van der Waals surface area (Å²) in [6.07, 6.45) is 2.21. The first-order valence-electron chi connectivity index (χ1n) is 7.33. The highest BCUT2D eigenvalue weighted by Gasteiger charge is 2.35. The lowest BCUT2D eigenvalue weighted by molar-refractivity contribution is -0.0458. The second-order valence-electron chi connectivity index (χ2n) is 5.53. The second kappa shape index (κ2) is 7.37. The van der Waals surface area contributed by atoms with Crippen molar-refractivity contribution in [3.8, 4) is 6.07 Å². The zero-order valence-electron chi connectivity index (χ0n) is 12.8. The van der Waals surface area contributed by atoms with Gasteiger partial charge in [0, 0.05) is 24.6 Å². The van der Waals surface area contributed by atoms with Crippen LogP contribution in [0.1, 0.15) is 38.0 Å². The summed E-state index contributed by atoms with van der Waals surface area (Å²) in [4.78, 5) is 15.8. The molecule has 0 saturated carbocycles. The van der Waals surface area contributed by atoms with E-state index in [1.54, 1.807) is 6.08 Å². The Morgan fingerprint density at radius 1 is 1.70 bits per heavy atom. The molecule has 0 amide bonds. The van der Waals surface area contributed by atoms with E-state index in [1.165, 1.54) is 10.8 Å². The van der Waals surface area contributed by atoms with Crippen LogP contribution >= 0.6 is 0 Å². The Kier molecular flexibility index (Phi) is 5.50. The summed E-state index contributed by atoms with van der Waals surface area (Å²) in [5.74, 6) is 0.0970. The zero-order valence-corrected chi connectivity index (χ0v) is 12.8. The number of aliphatic hydroxyl groups is 2. The Hall–Kier alpha value is -2.21. The molecular formula is C15H20N4O4. The molecule has 1 aliphatic rings. The molecule has 23 heavy (non-hydrogen) atoms. The zero-order chi connectivity index (χ0) is 17.0. The maximum absolute atomic E-state index is 12.0. The minimum Gasteiger partial charge on any atom is -0.394 e. The predicted octanol–water partition coefficient (Wildman–Crippen LogP) is 0.173. The van der Waals surface area contributed by atoms with Gasteiger partial charge in [-0.1, -0.05) is 11.6 Å². The molecule has 0 spiro atoms. The Morgan fingerprint density at radius 3 is 3.04 bits per heavy atom. The molecule has 0 radical (unpaired) electrons. The van der Waals surface area contributed by atoms with E-state index in [1.807, 2.05) is 6.92 Å². The molecule has 1 saturated heterocycles. The first kappa shape index (κ1) is 17.1. The third-order valence-corrected chi connectivity index (χ3v) is 3.74. The summed E-state index contributed by atoms with van der Waals surface area (Å²) < 4.78 is 6.74. The van der Waals surface area contributed by atoms with Crippen molar-refractivity contribution in [2.75, 3.05) is 12.3 Å². The minimum atomic E-state index is -0.842. The van der Waals surface area contributed by atoms with Crippen LogP contribution < -0.4 is 11.4 Å². The Labute approximate surface area is 133 Å². The molecule has 124 valence electrons. The molecular weight excluding hydrogens is 300 g/mol. The van der Waals surface area contributed by atoms with E-state index in [0.29, 0.717) is 18.4 Å². The third-order valence-electron chi connectivity index (χ3n) is 3.74. The van der Waals surface area contributed by atoms with Crippen molar-refractivity contribution in [3.05, 3.63) is 27.8 Å². The van der Waals surface area contributed by atoms with Crippen molar-refractivity contribution in [1.29, 1.82) is 5.26 Å². The van der Waals surface area contributed by atoms with Crippen LogP contribution in [0.5, 0.6) is 0 Å². The average molecular weight is 320 g/mol. The second-order valence-corrected chi connectivity index (χ2v) is 5.53. The van der Waals surface area contributed by atoms with Crippen LogP contribution in [0.4, 0.5) is 5.82 Å². The van der Waals surface area contributed by atoms with Crippen molar-refractivity contribution in [2.24, 2.45) is 0 Å². The number of allylic oxidation sites excluding steroid dienone is 1. The number of aromatic nitrogens is 2. The molecule has 1 aromatic rings. The molecule has 1 aliphatic heterocycles. The number of nitrogens with two attached hydrogens (primary N) is 1. The summed E-state index contributed by atoms with van der Waals surface area (Å²) in [7, 11) is 0. The number of ether oxygens (including phenoxy) is 1. The minimum absolute atomic E-state index is 0.0970. The lowest BCUT2D eigenvalue weighted by atomic mass is 10.1. The first-order valence-corrected chi connectivity index (χ1v) is 7.33. The highest BCUT2D eigenvalue weighted by atomic mass is 16.5. The van der Waals surface area contributed by atoms with E-state index in [-0.39, 0.29) is 18.8 Å². The number of rotatable bonds is 5. The van der Waals surface area contributed by atoms with Gasteiger partial charge in [-0.2, -0.15) is 10.2 Å². The van der Waals surface area contributed by atoms with E-state index in [0.717, 1.165) is 5.57 Å². The number of nitriles is 1. The number of nitrogen functional groups attached to an aromatic ring is 1. The quantitative estimate of drug-likeness (QED) is 0.704. The first-order chi connectivity index (χ1) is 11.0. The molecule has 2 heterocycles. The van der Waals surface area contributed by atoms with Gasteiger partial charge in [0.05, 0.1) is 18.8 Å². The average Bonchev–Trinajstić information content (AvgIpc) is 2.88. The SMILES string of the molecule is CC(=Cc1cn([C@H]2C[C@H](O)[C@@H](CO)O2)c(=O)nc1N)CCC#N. The van der Waals surface area contributed by atoms with Gasteiger partial charge in [0.15, 0.2) is 0 Å². The molecule has 0 unspecified atom stereocenters. The summed E-state index contributed by atoms with van der Waals surface area (Å²) in [6, 6.07) is 2.07. The fourth-order valence-corrected chi connectivity index (χ4v) is 2.45. The number of nitrogens with zero attached hydrogens (tertiary/aromatic N) is 3. The third kappa shape index (κ3) is 3.96.